The standard InChI is InChI=1S/C27H28N2O2/c1-17-14-18(2)24-20-12-13-28-25(26(20)29-22(24)15-17)21-10-7-11-23(30-3)27(21)31-16-19-8-5-4-6-9-19/h4-11,14-15,25,28-29H,12-13,16H2,1-3H3. The van der Waals surface area contributed by atoms with Gasteiger partial charge in [0, 0.05) is 28.7 Å². The quantitative estimate of drug-likeness (QED) is 0.448. The summed E-state index contributed by atoms with van der Waals surface area (Å²) in [5, 5.41) is 5.07. The van der Waals surface area contributed by atoms with Crippen molar-refractivity contribution in [2.45, 2.75) is 32.9 Å². The van der Waals surface area contributed by atoms with Gasteiger partial charge in [0.05, 0.1) is 13.2 Å². The molecule has 0 saturated heterocycles. The number of hydrogen-bond acceptors (Lipinski definition) is 3. The first-order valence-corrected chi connectivity index (χ1v) is 10.8. The number of aromatic nitrogens is 1. The third-order valence-electron chi connectivity index (χ3n) is 6.15. The highest BCUT2D eigenvalue weighted by atomic mass is 16.5. The smallest absolute Gasteiger partial charge is 0.166 e. The Morgan fingerprint density at radius 1 is 1.00 bits per heavy atom. The zero-order valence-corrected chi connectivity index (χ0v) is 18.3. The van der Waals surface area contributed by atoms with Crippen LogP contribution in [0.5, 0.6) is 11.5 Å². The molecule has 4 aromatic rings. The van der Waals surface area contributed by atoms with Gasteiger partial charge >= 0.3 is 0 Å². The molecular weight excluding hydrogens is 384 g/mol. The predicted molar refractivity (Wildman–Crippen MR) is 125 cm³/mol. The van der Waals surface area contributed by atoms with Crippen molar-refractivity contribution in [1.82, 2.24) is 10.3 Å². The number of aryl methyl sites for hydroxylation is 2. The van der Waals surface area contributed by atoms with Gasteiger partial charge in [0.25, 0.3) is 0 Å². The third kappa shape index (κ3) is 3.57. The highest BCUT2D eigenvalue weighted by molar-refractivity contribution is 5.89. The zero-order chi connectivity index (χ0) is 21.4. The van der Waals surface area contributed by atoms with E-state index in [1.54, 1.807) is 7.11 Å². The molecule has 3 aromatic carbocycles. The minimum atomic E-state index is 0.0247. The van der Waals surface area contributed by atoms with Gasteiger partial charge in [-0.2, -0.15) is 0 Å². The number of hydrogen-bond donors (Lipinski definition) is 2. The van der Waals surface area contributed by atoms with Gasteiger partial charge in [-0.05, 0) is 54.7 Å². The molecule has 158 valence electrons. The molecule has 5 rings (SSSR count). The largest absolute Gasteiger partial charge is 0.493 e. The lowest BCUT2D eigenvalue weighted by Crippen LogP contribution is -2.30. The number of aromatic amines is 1. The maximum Gasteiger partial charge on any atom is 0.166 e. The molecule has 4 heteroatoms. The molecule has 0 radical (unpaired) electrons. The molecular formula is C27H28N2O2. The lowest BCUT2D eigenvalue weighted by Gasteiger charge is -2.27. The summed E-state index contributed by atoms with van der Waals surface area (Å²) in [5.74, 6) is 1.55. The van der Waals surface area contributed by atoms with Gasteiger partial charge in [-0.1, -0.05) is 48.5 Å². The Bertz CT molecular complexity index is 1230. The minimum Gasteiger partial charge on any atom is -0.493 e. The summed E-state index contributed by atoms with van der Waals surface area (Å²) in [6, 6.07) is 20.9. The Labute approximate surface area is 183 Å². The molecule has 1 unspecified atom stereocenters. The zero-order valence-electron chi connectivity index (χ0n) is 18.3. The lowest BCUT2D eigenvalue weighted by molar-refractivity contribution is 0.278. The van der Waals surface area contributed by atoms with Crippen molar-refractivity contribution < 1.29 is 9.47 Å². The van der Waals surface area contributed by atoms with E-state index in [-0.39, 0.29) is 6.04 Å². The van der Waals surface area contributed by atoms with Crippen LogP contribution in [-0.4, -0.2) is 18.6 Å². The van der Waals surface area contributed by atoms with Crippen LogP contribution in [0.2, 0.25) is 0 Å². The summed E-state index contributed by atoms with van der Waals surface area (Å²) >= 11 is 0. The Hall–Kier alpha value is -3.24. The molecule has 31 heavy (non-hydrogen) atoms. The number of para-hydroxylation sites is 1. The molecule has 0 spiro atoms. The first-order chi connectivity index (χ1) is 15.2. The fraction of sp³-hybridized carbons (Fsp3) is 0.259. The van der Waals surface area contributed by atoms with E-state index in [4.69, 9.17) is 9.47 Å². The van der Waals surface area contributed by atoms with E-state index in [9.17, 15) is 0 Å². The molecule has 0 bridgehead atoms. The highest BCUT2D eigenvalue weighted by Crippen LogP contribution is 2.41. The van der Waals surface area contributed by atoms with Gasteiger partial charge in [-0.25, -0.2) is 0 Å². The van der Waals surface area contributed by atoms with E-state index in [1.807, 2.05) is 30.3 Å². The van der Waals surface area contributed by atoms with Gasteiger partial charge in [0.15, 0.2) is 11.5 Å². The minimum absolute atomic E-state index is 0.0247. The summed E-state index contributed by atoms with van der Waals surface area (Å²) in [7, 11) is 1.70. The summed E-state index contributed by atoms with van der Waals surface area (Å²) in [5.41, 5.74) is 8.69. The van der Waals surface area contributed by atoms with Crippen molar-refractivity contribution in [3.8, 4) is 11.5 Å². The number of methoxy groups -OCH3 is 1. The lowest BCUT2D eigenvalue weighted by atomic mass is 9.92. The monoisotopic (exact) mass is 412 g/mol. The highest BCUT2D eigenvalue weighted by Gasteiger charge is 2.29. The molecule has 2 N–H and O–H groups in total. The molecule has 0 amide bonds. The van der Waals surface area contributed by atoms with E-state index >= 15 is 0 Å². The van der Waals surface area contributed by atoms with Crippen molar-refractivity contribution in [3.05, 3.63) is 94.2 Å². The predicted octanol–water partition coefficient (Wildman–Crippen LogP) is 5.61. The summed E-state index contributed by atoms with van der Waals surface area (Å²) < 4.78 is 12.0. The Morgan fingerprint density at radius 3 is 2.65 bits per heavy atom. The van der Waals surface area contributed by atoms with Crippen molar-refractivity contribution in [2.75, 3.05) is 13.7 Å². The van der Waals surface area contributed by atoms with E-state index < -0.39 is 0 Å². The summed E-state index contributed by atoms with van der Waals surface area (Å²) in [4.78, 5) is 3.73. The first-order valence-electron chi connectivity index (χ1n) is 10.8. The van der Waals surface area contributed by atoms with Crippen LogP contribution < -0.4 is 14.8 Å². The van der Waals surface area contributed by atoms with Gasteiger partial charge in [-0.15, -0.1) is 0 Å². The van der Waals surface area contributed by atoms with Crippen LogP contribution in [0, 0.1) is 13.8 Å². The van der Waals surface area contributed by atoms with Crippen LogP contribution >= 0.6 is 0 Å². The van der Waals surface area contributed by atoms with Crippen molar-refractivity contribution >= 4 is 10.9 Å². The van der Waals surface area contributed by atoms with Crippen molar-refractivity contribution in [2.24, 2.45) is 0 Å². The van der Waals surface area contributed by atoms with Crippen molar-refractivity contribution in [1.29, 1.82) is 0 Å². The van der Waals surface area contributed by atoms with Gasteiger partial charge < -0.3 is 19.8 Å². The second-order valence-electron chi connectivity index (χ2n) is 8.31. The van der Waals surface area contributed by atoms with Gasteiger partial charge in [0.1, 0.15) is 6.61 Å². The molecule has 2 heterocycles. The topological polar surface area (TPSA) is 46.3 Å². The average Bonchev–Trinajstić information content (AvgIpc) is 3.16. The number of nitrogens with one attached hydrogen (secondary N) is 2. The maximum absolute atomic E-state index is 6.35. The second kappa shape index (κ2) is 8.12. The maximum atomic E-state index is 6.35. The first kappa shape index (κ1) is 19.7. The van der Waals surface area contributed by atoms with Crippen molar-refractivity contribution in [3.63, 3.8) is 0 Å². The summed E-state index contributed by atoms with van der Waals surface area (Å²) in [6.07, 6.45) is 1.01. The van der Waals surface area contributed by atoms with E-state index in [0.29, 0.717) is 6.61 Å². The van der Waals surface area contributed by atoms with E-state index in [2.05, 4.69) is 54.5 Å². The van der Waals surface area contributed by atoms with Crippen LogP contribution in [0.4, 0.5) is 0 Å². The number of fused-ring (bicyclic) bond motifs is 3. The fourth-order valence-corrected chi connectivity index (χ4v) is 4.84. The molecule has 0 fully saturated rings. The Morgan fingerprint density at radius 2 is 1.84 bits per heavy atom. The van der Waals surface area contributed by atoms with Crippen LogP contribution in [0.15, 0.2) is 60.7 Å². The Kier molecular flexibility index (Phi) is 5.16. The Balaban J connectivity index is 1.59. The average molecular weight is 413 g/mol. The van der Waals surface area contributed by atoms with Crippen LogP contribution in [0.3, 0.4) is 0 Å². The molecule has 1 aliphatic rings. The molecule has 0 saturated carbocycles. The number of H-pyrrole nitrogens is 1. The van der Waals surface area contributed by atoms with Crippen LogP contribution in [0.1, 0.15) is 39.6 Å². The number of ether oxygens (including phenoxy) is 2. The van der Waals surface area contributed by atoms with E-state index in [1.165, 1.54) is 33.3 Å². The molecule has 1 aliphatic heterocycles. The second-order valence-corrected chi connectivity index (χ2v) is 8.31. The SMILES string of the molecule is COc1cccc(C2NCCc3c2[nH]c2cc(C)cc(C)c32)c1OCc1ccccc1. The number of rotatable bonds is 5. The third-order valence-corrected chi connectivity index (χ3v) is 6.15. The normalized spacial score (nSPS) is 15.6. The van der Waals surface area contributed by atoms with E-state index in [0.717, 1.165) is 35.6 Å². The summed E-state index contributed by atoms with van der Waals surface area (Å²) in [6.45, 7) is 5.78. The fourth-order valence-electron chi connectivity index (χ4n) is 4.84. The van der Waals surface area contributed by atoms with Gasteiger partial charge in [0.2, 0.25) is 0 Å². The molecule has 1 atom stereocenters. The molecule has 4 nitrogen and oxygen atoms in total. The number of benzene rings is 3. The van der Waals surface area contributed by atoms with Crippen LogP contribution in [-0.2, 0) is 13.0 Å². The molecule has 1 aromatic heterocycles. The van der Waals surface area contributed by atoms with Gasteiger partial charge in [-0.3, -0.25) is 0 Å². The van der Waals surface area contributed by atoms with Crippen LogP contribution in [0.25, 0.3) is 10.9 Å². The molecule has 0 aliphatic carbocycles.